The van der Waals surface area contributed by atoms with Crippen molar-refractivity contribution in [1.29, 1.82) is 0 Å². The Labute approximate surface area is 221 Å². The predicted octanol–water partition coefficient (Wildman–Crippen LogP) is 6.28. The third-order valence-corrected chi connectivity index (χ3v) is 6.69. The van der Waals surface area contributed by atoms with Crippen LogP contribution in [0.4, 0.5) is 11.4 Å². The van der Waals surface area contributed by atoms with Crippen molar-refractivity contribution in [2.45, 2.75) is 19.1 Å². The Morgan fingerprint density at radius 3 is 2.08 bits per heavy atom. The van der Waals surface area contributed by atoms with E-state index in [0.717, 1.165) is 22.4 Å². The first-order chi connectivity index (χ1) is 18.0. The topological polar surface area (TPSA) is 75.3 Å². The molecule has 37 heavy (non-hydrogen) atoms. The van der Waals surface area contributed by atoms with Crippen molar-refractivity contribution >= 4 is 40.7 Å². The van der Waals surface area contributed by atoms with Gasteiger partial charge in [-0.05, 0) is 36.2 Å². The Morgan fingerprint density at radius 1 is 0.703 bits per heavy atom. The zero-order valence-corrected chi connectivity index (χ0v) is 21.4. The quantitative estimate of drug-likeness (QED) is 0.247. The number of hydrogen-bond donors (Lipinski definition) is 2. The fraction of sp³-hybridized carbons (Fsp3) is 0.129. The van der Waals surface area contributed by atoms with Crippen molar-refractivity contribution in [3.63, 3.8) is 0 Å². The van der Waals surface area contributed by atoms with Crippen LogP contribution in [0, 0.1) is 6.92 Å². The van der Waals surface area contributed by atoms with Crippen LogP contribution in [0.5, 0.6) is 0 Å². The monoisotopic (exact) mass is 508 g/mol. The highest BCUT2D eigenvalue weighted by Crippen LogP contribution is 2.25. The molecule has 4 aromatic carbocycles. The molecule has 0 radical (unpaired) electrons. The summed E-state index contributed by atoms with van der Waals surface area (Å²) in [5, 5.41) is 5.76. The molecular formula is C31H28N2O3S. The Hall–Kier alpha value is -4.16. The molecule has 2 N–H and O–H groups in total. The predicted molar refractivity (Wildman–Crippen MR) is 151 cm³/mol. The molecule has 0 aliphatic carbocycles. The van der Waals surface area contributed by atoms with E-state index in [1.807, 2.05) is 67.6 Å². The van der Waals surface area contributed by atoms with E-state index in [0.29, 0.717) is 22.5 Å². The lowest BCUT2D eigenvalue weighted by Gasteiger charge is -2.14. The Bertz CT molecular complexity index is 1370. The van der Waals surface area contributed by atoms with E-state index in [-0.39, 0.29) is 29.8 Å². The van der Waals surface area contributed by atoms with E-state index >= 15 is 0 Å². The fourth-order valence-electron chi connectivity index (χ4n) is 3.78. The molecule has 5 nitrogen and oxygen atoms in total. The molecule has 186 valence electrons. The largest absolute Gasteiger partial charge is 0.325 e. The second kappa shape index (κ2) is 12.7. The van der Waals surface area contributed by atoms with Gasteiger partial charge in [0.1, 0.15) is 0 Å². The third-order valence-electron chi connectivity index (χ3n) is 5.69. The number of hydrogen-bond acceptors (Lipinski definition) is 4. The van der Waals surface area contributed by atoms with E-state index in [1.165, 1.54) is 11.8 Å². The number of nitrogens with one attached hydrogen (secondary N) is 2. The van der Waals surface area contributed by atoms with Gasteiger partial charge in [-0.2, -0.15) is 0 Å². The van der Waals surface area contributed by atoms with E-state index in [2.05, 4.69) is 10.6 Å². The van der Waals surface area contributed by atoms with Crippen molar-refractivity contribution in [3.05, 3.63) is 131 Å². The van der Waals surface area contributed by atoms with E-state index in [1.54, 1.807) is 42.5 Å². The Balaban J connectivity index is 1.47. The molecule has 0 bridgehead atoms. The average molecular weight is 509 g/mol. The van der Waals surface area contributed by atoms with Crippen molar-refractivity contribution in [2.24, 2.45) is 0 Å². The number of thioether (sulfide) groups is 1. The van der Waals surface area contributed by atoms with E-state index < -0.39 is 0 Å². The first-order valence-corrected chi connectivity index (χ1v) is 13.1. The fourth-order valence-corrected chi connectivity index (χ4v) is 4.57. The van der Waals surface area contributed by atoms with Crippen LogP contribution in [0.3, 0.4) is 0 Å². The van der Waals surface area contributed by atoms with Crippen LogP contribution in [-0.4, -0.2) is 23.4 Å². The van der Waals surface area contributed by atoms with Crippen LogP contribution in [0.2, 0.25) is 0 Å². The van der Waals surface area contributed by atoms with Gasteiger partial charge in [-0.15, -0.1) is 11.8 Å². The lowest BCUT2D eigenvalue weighted by atomic mass is 10.0. The summed E-state index contributed by atoms with van der Waals surface area (Å²) < 4.78 is 0. The van der Waals surface area contributed by atoms with Gasteiger partial charge in [0.15, 0.2) is 5.78 Å². The number of amides is 2. The number of benzene rings is 4. The molecule has 0 unspecified atom stereocenters. The van der Waals surface area contributed by atoms with Crippen molar-refractivity contribution in [1.82, 2.24) is 0 Å². The van der Waals surface area contributed by atoms with Crippen molar-refractivity contribution in [3.8, 4) is 0 Å². The normalized spacial score (nSPS) is 10.5. The number of carbonyl (C=O) groups is 3. The maximum atomic E-state index is 13.3. The summed E-state index contributed by atoms with van der Waals surface area (Å²) in [4.78, 5) is 38.7. The highest BCUT2D eigenvalue weighted by Gasteiger charge is 2.17. The van der Waals surface area contributed by atoms with Gasteiger partial charge < -0.3 is 10.6 Å². The minimum Gasteiger partial charge on any atom is -0.325 e. The number of anilines is 2. The van der Waals surface area contributed by atoms with Gasteiger partial charge in [0, 0.05) is 22.6 Å². The maximum Gasteiger partial charge on any atom is 0.234 e. The molecule has 4 rings (SSSR count). The summed E-state index contributed by atoms with van der Waals surface area (Å²) in [5.74, 6) is 0.403. The van der Waals surface area contributed by atoms with Gasteiger partial charge in [-0.25, -0.2) is 0 Å². The molecule has 0 saturated heterocycles. The molecule has 0 atom stereocenters. The van der Waals surface area contributed by atoms with E-state index in [9.17, 15) is 14.4 Å². The smallest absolute Gasteiger partial charge is 0.234 e. The van der Waals surface area contributed by atoms with Gasteiger partial charge in [0.25, 0.3) is 0 Å². The third kappa shape index (κ3) is 7.66. The molecule has 0 fully saturated rings. The molecule has 0 aliphatic heterocycles. The maximum absolute atomic E-state index is 13.3. The highest BCUT2D eigenvalue weighted by molar-refractivity contribution is 7.99. The zero-order chi connectivity index (χ0) is 26.0. The van der Waals surface area contributed by atoms with Crippen LogP contribution < -0.4 is 10.6 Å². The van der Waals surface area contributed by atoms with Gasteiger partial charge in [0.2, 0.25) is 11.8 Å². The Kier molecular flexibility index (Phi) is 8.89. The SMILES string of the molecule is Cc1ccc(CC(=O)Nc2ccc(NC(=O)CSCc3ccccc3)cc2C(=O)c2ccccc2)cc1. The van der Waals surface area contributed by atoms with Crippen molar-refractivity contribution in [2.75, 3.05) is 16.4 Å². The summed E-state index contributed by atoms with van der Waals surface area (Å²) in [7, 11) is 0. The van der Waals surface area contributed by atoms with Gasteiger partial charge in [0.05, 0.1) is 17.9 Å². The number of carbonyl (C=O) groups excluding carboxylic acids is 3. The molecule has 0 aliphatic rings. The van der Waals surface area contributed by atoms with Crippen LogP contribution >= 0.6 is 11.8 Å². The van der Waals surface area contributed by atoms with Crippen LogP contribution in [0.25, 0.3) is 0 Å². The summed E-state index contributed by atoms with van der Waals surface area (Å²) in [6, 6.07) is 31.6. The molecular weight excluding hydrogens is 480 g/mol. The molecule has 4 aromatic rings. The zero-order valence-electron chi connectivity index (χ0n) is 20.6. The van der Waals surface area contributed by atoms with Crippen LogP contribution in [-0.2, 0) is 21.8 Å². The summed E-state index contributed by atoms with van der Waals surface area (Å²) >= 11 is 1.52. The minimum absolute atomic E-state index is 0.157. The second-order valence-electron chi connectivity index (χ2n) is 8.69. The minimum atomic E-state index is -0.235. The lowest BCUT2D eigenvalue weighted by molar-refractivity contribution is -0.115. The first-order valence-electron chi connectivity index (χ1n) is 12.0. The summed E-state index contributed by atoms with van der Waals surface area (Å²) in [5.41, 5.74) is 4.88. The standard InChI is InChI=1S/C31H28N2O3S/c1-22-12-14-23(15-13-22)18-29(34)33-28-17-16-26(19-27(28)31(36)25-10-6-3-7-11-25)32-30(35)21-37-20-24-8-4-2-5-9-24/h2-17,19H,18,20-21H2,1H3,(H,32,35)(H,33,34). The van der Waals surface area contributed by atoms with Gasteiger partial charge in [-0.3, -0.25) is 14.4 Å². The van der Waals surface area contributed by atoms with Crippen molar-refractivity contribution < 1.29 is 14.4 Å². The van der Waals surface area contributed by atoms with Gasteiger partial charge >= 0.3 is 0 Å². The Morgan fingerprint density at radius 2 is 1.38 bits per heavy atom. The number of ketones is 1. The van der Waals surface area contributed by atoms with Crippen LogP contribution in [0.15, 0.2) is 103 Å². The second-order valence-corrected chi connectivity index (χ2v) is 9.68. The molecule has 0 heterocycles. The first kappa shape index (κ1) is 25.9. The number of rotatable bonds is 10. The average Bonchev–Trinajstić information content (AvgIpc) is 2.91. The molecule has 0 spiro atoms. The van der Waals surface area contributed by atoms with Crippen LogP contribution in [0.1, 0.15) is 32.6 Å². The molecule has 0 saturated carbocycles. The molecule has 0 aromatic heterocycles. The molecule has 6 heteroatoms. The summed E-state index contributed by atoms with van der Waals surface area (Å²) in [6.45, 7) is 1.99. The highest BCUT2D eigenvalue weighted by atomic mass is 32.2. The summed E-state index contributed by atoms with van der Waals surface area (Å²) in [6.07, 6.45) is 0.191. The van der Waals surface area contributed by atoms with E-state index in [4.69, 9.17) is 0 Å². The number of aryl methyl sites for hydroxylation is 1. The molecule has 2 amide bonds. The lowest BCUT2D eigenvalue weighted by Crippen LogP contribution is -2.18. The van der Waals surface area contributed by atoms with Gasteiger partial charge in [-0.1, -0.05) is 90.5 Å².